The van der Waals surface area contributed by atoms with E-state index in [0.717, 1.165) is 30.5 Å². The van der Waals surface area contributed by atoms with Crippen LogP contribution in [-0.2, 0) is 12.7 Å². The van der Waals surface area contributed by atoms with Crippen LogP contribution in [0.5, 0.6) is 0 Å². The zero-order valence-corrected chi connectivity index (χ0v) is 11.7. The number of rotatable bonds is 3. The number of alkyl halides is 3. The van der Waals surface area contributed by atoms with Crippen molar-refractivity contribution in [2.75, 3.05) is 7.05 Å². The molecule has 0 aliphatic heterocycles. The minimum atomic E-state index is -4.27. The molecule has 0 spiro atoms. The third-order valence-electron chi connectivity index (χ3n) is 4.06. The van der Waals surface area contributed by atoms with E-state index in [1.54, 1.807) is 12.1 Å². The van der Waals surface area contributed by atoms with E-state index < -0.39 is 11.7 Å². The predicted octanol–water partition coefficient (Wildman–Crippen LogP) is 3.41. The summed E-state index contributed by atoms with van der Waals surface area (Å²) in [5.41, 5.74) is 6.41. The van der Waals surface area contributed by atoms with Gasteiger partial charge in [0.25, 0.3) is 0 Å². The maximum Gasteiger partial charge on any atom is 0.416 e. The van der Waals surface area contributed by atoms with Crippen LogP contribution in [-0.4, -0.2) is 24.0 Å². The molecule has 1 aromatic rings. The lowest BCUT2D eigenvalue weighted by Crippen LogP contribution is -2.47. The van der Waals surface area contributed by atoms with Gasteiger partial charge in [0.1, 0.15) is 0 Å². The van der Waals surface area contributed by atoms with E-state index in [4.69, 9.17) is 5.73 Å². The summed E-state index contributed by atoms with van der Waals surface area (Å²) >= 11 is 0. The van der Waals surface area contributed by atoms with E-state index in [1.165, 1.54) is 12.8 Å². The van der Waals surface area contributed by atoms with Crippen molar-refractivity contribution >= 4 is 0 Å². The molecule has 0 aromatic heterocycles. The molecule has 1 aliphatic rings. The van der Waals surface area contributed by atoms with Gasteiger partial charge >= 0.3 is 6.18 Å². The lowest BCUT2D eigenvalue weighted by atomic mass is 9.90. The lowest BCUT2D eigenvalue weighted by molar-refractivity contribution is -0.137. The summed E-state index contributed by atoms with van der Waals surface area (Å²) in [4.78, 5) is 2.16. The molecule has 1 saturated carbocycles. The molecule has 0 radical (unpaired) electrons. The highest BCUT2D eigenvalue weighted by Crippen LogP contribution is 2.29. The van der Waals surface area contributed by atoms with Crippen LogP contribution in [0, 0.1) is 0 Å². The summed E-state index contributed by atoms with van der Waals surface area (Å²) in [6, 6.07) is 5.88. The van der Waals surface area contributed by atoms with E-state index in [-0.39, 0.29) is 6.04 Å². The summed E-state index contributed by atoms with van der Waals surface area (Å²) in [7, 11) is 1.99. The van der Waals surface area contributed by atoms with Gasteiger partial charge in [0.15, 0.2) is 0 Å². The first-order valence-corrected chi connectivity index (χ1v) is 7.00. The molecule has 2 unspecified atom stereocenters. The predicted molar refractivity (Wildman–Crippen MR) is 73.1 cm³/mol. The Bertz CT molecular complexity index is 428. The van der Waals surface area contributed by atoms with E-state index in [0.29, 0.717) is 12.6 Å². The van der Waals surface area contributed by atoms with Gasteiger partial charge in [-0.1, -0.05) is 25.0 Å². The first-order chi connectivity index (χ1) is 9.38. The smallest absolute Gasteiger partial charge is 0.326 e. The van der Waals surface area contributed by atoms with Gasteiger partial charge in [0.05, 0.1) is 5.56 Å². The van der Waals surface area contributed by atoms with Crippen molar-refractivity contribution in [1.29, 1.82) is 0 Å². The van der Waals surface area contributed by atoms with Gasteiger partial charge < -0.3 is 5.73 Å². The monoisotopic (exact) mass is 286 g/mol. The van der Waals surface area contributed by atoms with Crippen LogP contribution in [0.25, 0.3) is 0 Å². The van der Waals surface area contributed by atoms with Gasteiger partial charge in [-0.3, -0.25) is 4.90 Å². The molecule has 20 heavy (non-hydrogen) atoms. The Morgan fingerprint density at radius 1 is 1.15 bits per heavy atom. The summed E-state index contributed by atoms with van der Waals surface area (Å²) in [6.45, 7) is 0.635. The second-order valence-electron chi connectivity index (χ2n) is 5.63. The van der Waals surface area contributed by atoms with Crippen LogP contribution >= 0.6 is 0 Å². The van der Waals surface area contributed by atoms with Crippen molar-refractivity contribution in [3.05, 3.63) is 35.4 Å². The largest absolute Gasteiger partial charge is 0.416 e. The molecule has 0 saturated heterocycles. The van der Waals surface area contributed by atoms with Gasteiger partial charge in [-0.2, -0.15) is 13.2 Å². The van der Waals surface area contributed by atoms with Crippen LogP contribution in [0.2, 0.25) is 0 Å². The Balaban J connectivity index is 1.99. The molecule has 5 heteroatoms. The molecule has 1 aliphatic carbocycles. The van der Waals surface area contributed by atoms with E-state index >= 15 is 0 Å². The molecule has 2 rings (SSSR count). The zero-order chi connectivity index (χ0) is 14.8. The molecule has 0 heterocycles. The Hall–Kier alpha value is -1.07. The fourth-order valence-corrected chi connectivity index (χ4v) is 2.89. The van der Waals surface area contributed by atoms with Crippen molar-refractivity contribution in [1.82, 2.24) is 4.90 Å². The molecule has 2 N–H and O–H groups in total. The fourth-order valence-electron chi connectivity index (χ4n) is 2.89. The summed E-state index contributed by atoms with van der Waals surface area (Å²) in [5, 5.41) is 0. The highest BCUT2D eigenvalue weighted by molar-refractivity contribution is 5.24. The minimum absolute atomic E-state index is 0.170. The Morgan fingerprint density at radius 2 is 1.75 bits per heavy atom. The number of benzene rings is 1. The van der Waals surface area contributed by atoms with Crippen molar-refractivity contribution < 1.29 is 13.2 Å². The second kappa shape index (κ2) is 6.14. The number of hydrogen-bond acceptors (Lipinski definition) is 2. The van der Waals surface area contributed by atoms with Crippen LogP contribution < -0.4 is 5.73 Å². The first-order valence-electron chi connectivity index (χ1n) is 7.00. The Morgan fingerprint density at radius 3 is 2.30 bits per heavy atom. The SMILES string of the molecule is CN(Cc1ccc(C(F)(F)F)cc1)C1CCCCC1N. The number of likely N-dealkylation sites (N-methyl/N-ethyl adjacent to an activating group) is 1. The van der Waals surface area contributed by atoms with Gasteiger partial charge in [-0.05, 0) is 37.6 Å². The minimum Gasteiger partial charge on any atom is -0.326 e. The fraction of sp³-hybridized carbons (Fsp3) is 0.600. The molecular weight excluding hydrogens is 265 g/mol. The zero-order valence-electron chi connectivity index (χ0n) is 11.7. The van der Waals surface area contributed by atoms with E-state index in [1.807, 2.05) is 7.05 Å². The molecule has 1 aromatic carbocycles. The van der Waals surface area contributed by atoms with Gasteiger partial charge in [0.2, 0.25) is 0 Å². The van der Waals surface area contributed by atoms with Gasteiger partial charge in [-0.15, -0.1) is 0 Å². The molecule has 1 fully saturated rings. The molecule has 2 atom stereocenters. The number of nitrogens with two attached hydrogens (primary N) is 1. The molecule has 0 bridgehead atoms. The van der Waals surface area contributed by atoms with Crippen molar-refractivity contribution in [3.8, 4) is 0 Å². The third kappa shape index (κ3) is 3.73. The molecule has 112 valence electrons. The topological polar surface area (TPSA) is 29.3 Å². The average molecular weight is 286 g/mol. The highest BCUT2D eigenvalue weighted by atomic mass is 19.4. The Labute approximate surface area is 117 Å². The summed E-state index contributed by atoms with van der Waals surface area (Å²) < 4.78 is 37.5. The van der Waals surface area contributed by atoms with Crippen LogP contribution in [0.3, 0.4) is 0 Å². The quantitative estimate of drug-likeness (QED) is 0.922. The lowest BCUT2D eigenvalue weighted by Gasteiger charge is -2.36. The molecular formula is C15H21F3N2. The highest BCUT2D eigenvalue weighted by Gasteiger charge is 2.30. The summed E-state index contributed by atoms with van der Waals surface area (Å²) in [5.74, 6) is 0. The van der Waals surface area contributed by atoms with Crippen LogP contribution in [0.15, 0.2) is 24.3 Å². The van der Waals surface area contributed by atoms with E-state index in [2.05, 4.69) is 4.90 Å². The van der Waals surface area contributed by atoms with Crippen LogP contribution in [0.1, 0.15) is 36.8 Å². The standard InChI is InChI=1S/C15H21F3N2/c1-20(14-5-3-2-4-13(14)19)10-11-6-8-12(9-7-11)15(16,17)18/h6-9,13-14H,2-5,10,19H2,1H3. The normalized spacial score (nSPS) is 24.1. The first kappa shape index (κ1) is 15.3. The maximum absolute atomic E-state index is 12.5. The van der Waals surface area contributed by atoms with Gasteiger partial charge in [0, 0.05) is 18.6 Å². The van der Waals surface area contributed by atoms with Gasteiger partial charge in [-0.25, -0.2) is 0 Å². The average Bonchev–Trinajstić information content (AvgIpc) is 2.38. The summed E-state index contributed by atoms with van der Waals surface area (Å²) in [6.07, 6.45) is 0.179. The second-order valence-corrected chi connectivity index (χ2v) is 5.63. The third-order valence-corrected chi connectivity index (χ3v) is 4.06. The molecule has 0 amide bonds. The molecule has 2 nitrogen and oxygen atoms in total. The number of nitrogens with zero attached hydrogens (tertiary/aromatic N) is 1. The Kier molecular flexibility index (Phi) is 4.70. The number of hydrogen-bond donors (Lipinski definition) is 1. The number of halogens is 3. The maximum atomic E-state index is 12.5. The van der Waals surface area contributed by atoms with Crippen molar-refractivity contribution in [2.45, 2.75) is 50.5 Å². The van der Waals surface area contributed by atoms with Crippen LogP contribution in [0.4, 0.5) is 13.2 Å². The van der Waals surface area contributed by atoms with E-state index in [9.17, 15) is 13.2 Å². The van der Waals surface area contributed by atoms with Crippen molar-refractivity contribution in [3.63, 3.8) is 0 Å². The van der Waals surface area contributed by atoms with Crippen molar-refractivity contribution in [2.24, 2.45) is 5.73 Å².